The van der Waals surface area contributed by atoms with Gasteiger partial charge in [0.25, 0.3) is 0 Å². The van der Waals surface area contributed by atoms with E-state index >= 15 is 0 Å². The van der Waals surface area contributed by atoms with E-state index in [0.29, 0.717) is 5.03 Å². The summed E-state index contributed by atoms with van der Waals surface area (Å²) >= 11 is 17.1. The van der Waals surface area contributed by atoms with Crippen LogP contribution < -0.4 is 0 Å². The quantitative estimate of drug-likeness (QED) is 0.847. The van der Waals surface area contributed by atoms with Gasteiger partial charge < -0.3 is 5.11 Å². The number of aryl methyl sites for hydroxylation is 1. The van der Waals surface area contributed by atoms with Crippen molar-refractivity contribution in [2.24, 2.45) is 0 Å². The zero-order chi connectivity index (χ0) is 10.7. The van der Waals surface area contributed by atoms with Crippen molar-refractivity contribution in [2.75, 3.05) is 0 Å². The molecule has 0 fully saturated rings. The van der Waals surface area contributed by atoms with E-state index in [0.717, 1.165) is 16.7 Å². The third kappa shape index (κ3) is 2.64. The Labute approximate surface area is 97.9 Å². The lowest BCUT2D eigenvalue weighted by Crippen LogP contribution is -1.89. The minimum atomic E-state index is -0.0304. The average Bonchev–Trinajstić information content (AvgIpc) is 2.17. The van der Waals surface area contributed by atoms with Gasteiger partial charge in [0.1, 0.15) is 4.49 Å². The number of rotatable bonds is 2. The smallest absolute Gasteiger partial charge is 0.126 e. The van der Waals surface area contributed by atoms with E-state index in [4.69, 9.17) is 39.9 Å². The van der Waals surface area contributed by atoms with Crippen LogP contribution in [0, 0.1) is 6.92 Å². The Morgan fingerprint density at radius 2 is 1.93 bits per heavy atom. The second-order valence-corrected chi connectivity index (χ2v) is 4.21. The van der Waals surface area contributed by atoms with Crippen LogP contribution in [-0.2, 0) is 6.61 Å². The number of aliphatic hydroxyl groups is 1. The molecule has 0 aliphatic rings. The Bertz CT molecular complexity index is 368. The minimum Gasteiger partial charge on any atom is -0.392 e. The molecule has 1 N–H and O–H groups in total. The van der Waals surface area contributed by atoms with E-state index in [1.54, 1.807) is 6.07 Å². The molecule has 0 unspecified atom stereocenters. The van der Waals surface area contributed by atoms with Crippen molar-refractivity contribution in [3.63, 3.8) is 0 Å². The molecule has 0 aromatic heterocycles. The third-order valence-corrected chi connectivity index (χ3v) is 2.85. The molecule has 0 saturated heterocycles. The standard InChI is InChI=1S/C10H9Cl3O/c1-6-2-3-7(5-14)4-8(6)9(11)10(12)13/h2-4,14H,5H2,1H3. The van der Waals surface area contributed by atoms with Crippen LogP contribution in [-0.4, -0.2) is 5.11 Å². The number of halogens is 3. The summed E-state index contributed by atoms with van der Waals surface area (Å²) in [5.74, 6) is 0. The Morgan fingerprint density at radius 1 is 1.29 bits per heavy atom. The van der Waals surface area contributed by atoms with Crippen LogP contribution in [0.15, 0.2) is 22.7 Å². The average molecular weight is 252 g/mol. The summed E-state index contributed by atoms with van der Waals surface area (Å²) in [4.78, 5) is 0. The summed E-state index contributed by atoms with van der Waals surface area (Å²) in [6.45, 7) is 1.87. The van der Waals surface area contributed by atoms with E-state index in [9.17, 15) is 0 Å². The van der Waals surface area contributed by atoms with E-state index in [1.807, 2.05) is 19.1 Å². The van der Waals surface area contributed by atoms with Crippen molar-refractivity contribution < 1.29 is 5.11 Å². The van der Waals surface area contributed by atoms with Crippen LogP contribution in [0.3, 0.4) is 0 Å². The van der Waals surface area contributed by atoms with Crippen LogP contribution >= 0.6 is 34.8 Å². The highest BCUT2D eigenvalue weighted by molar-refractivity contribution is 6.66. The predicted molar refractivity (Wildman–Crippen MR) is 61.6 cm³/mol. The van der Waals surface area contributed by atoms with Gasteiger partial charge in [-0.2, -0.15) is 0 Å². The SMILES string of the molecule is Cc1ccc(CO)cc1C(Cl)=C(Cl)Cl. The number of benzene rings is 1. The minimum absolute atomic E-state index is 0.0304. The van der Waals surface area contributed by atoms with Crippen LogP contribution in [0.4, 0.5) is 0 Å². The molecule has 0 aliphatic carbocycles. The number of aliphatic hydroxyl groups excluding tert-OH is 1. The molecule has 0 atom stereocenters. The topological polar surface area (TPSA) is 20.2 Å². The first-order valence-electron chi connectivity index (χ1n) is 3.97. The third-order valence-electron chi connectivity index (χ3n) is 1.89. The molecule has 1 aromatic rings. The molecule has 0 spiro atoms. The fraction of sp³-hybridized carbons (Fsp3) is 0.200. The lowest BCUT2D eigenvalue weighted by Gasteiger charge is -2.06. The van der Waals surface area contributed by atoms with Crippen LogP contribution in [0.2, 0.25) is 0 Å². The van der Waals surface area contributed by atoms with Gasteiger partial charge in [0.15, 0.2) is 0 Å². The fourth-order valence-electron chi connectivity index (χ4n) is 1.11. The highest BCUT2D eigenvalue weighted by atomic mass is 35.5. The van der Waals surface area contributed by atoms with Crippen molar-refractivity contribution >= 4 is 39.8 Å². The molecule has 0 amide bonds. The number of hydrogen-bond donors (Lipinski definition) is 1. The number of hydrogen-bond acceptors (Lipinski definition) is 1. The second-order valence-electron chi connectivity index (χ2n) is 2.88. The van der Waals surface area contributed by atoms with Crippen LogP contribution in [0.1, 0.15) is 16.7 Å². The predicted octanol–water partition coefficient (Wildman–Crippen LogP) is 3.83. The summed E-state index contributed by atoms with van der Waals surface area (Å²) in [6.07, 6.45) is 0. The largest absolute Gasteiger partial charge is 0.392 e. The maximum absolute atomic E-state index is 8.95. The monoisotopic (exact) mass is 250 g/mol. The van der Waals surface area contributed by atoms with Crippen molar-refractivity contribution in [1.29, 1.82) is 0 Å². The molecule has 1 rings (SSSR count). The lowest BCUT2D eigenvalue weighted by molar-refractivity contribution is 0.282. The highest BCUT2D eigenvalue weighted by Crippen LogP contribution is 2.30. The fourth-order valence-corrected chi connectivity index (χ4v) is 1.51. The Morgan fingerprint density at radius 3 is 2.43 bits per heavy atom. The van der Waals surface area contributed by atoms with Gasteiger partial charge in [-0.1, -0.05) is 46.9 Å². The molecule has 0 saturated carbocycles. The molecule has 14 heavy (non-hydrogen) atoms. The van der Waals surface area contributed by atoms with E-state index in [1.165, 1.54) is 0 Å². The van der Waals surface area contributed by atoms with Gasteiger partial charge in [0.2, 0.25) is 0 Å². The zero-order valence-corrected chi connectivity index (χ0v) is 9.79. The van der Waals surface area contributed by atoms with Crippen molar-refractivity contribution in [2.45, 2.75) is 13.5 Å². The van der Waals surface area contributed by atoms with Gasteiger partial charge in [-0.25, -0.2) is 0 Å². The molecule has 1 aromatic carbocycles. The first-order chi connectivity index (χ1) is 6.56. The zero-order valence-electron chi connectivity index (χ0n) is 7.52. The van der Waals surface area contributed by atoms with Crippen LogP contribution in [0.5, 0.6) is 0 Å². The molecule has 0 bridgehead atoms. The Hall–Kier alpha value is -0.210. The Kier molecular flexibility index (Phi) is 4.27. The van der Waals surface area contributed by atoms with Crippen molar-refractivity contribution in [3.05, 3.63) is 39.4 Å². The summed E-state index contributed by atoms with van der Waals surface area (Å²) in [5.41, 5.74) is 2.49. The molecular formula is C10H9Cl3O. The summed E-state index contributed by atoms with van der Waals surface area (Å²) in [7, 11) is 0. The molecule has 0 heterocycles. The van der Waals surface area contributed by atoms with E-state index in [-0.39, 0.29) is 11.1 Å². The van der Waals surface area contributed by atoms with Crippen molar-refractivity contribution in [3.8, 4) is 0 Å². The molecule has 4 heteroatoms. The van der Waals surface area contributed by atoms with E-state index in [2.05, 4.69) is 0 Å². The molecule has 1 nitrogen and oxygen atoms in total. The van der Waals surface area contributed by atoms with E-state index < -0.39 is 0 Å². The van der Waals surface area contributed by atoms with Crippen molar-refractivity contribution in [1.82, 2.24) is 0 Å². The maximum atomic E-state index is 8.95. The van der Waals surface area contributed by atoms with Gasteiger partial charge in [-0.05, 0) is 29.7 Å². The summed E-state index contributed by atoms with van der Waals surface area (Å²) in [6, 6.07) is 5.45. The summed E-state index contributed by atoms with van der Waals surface area (Å²) in [5, 5.41) is 9.25. The van der Waals surface area contributed by atoms with Gasteiger partial charge in [-0.3, -0.25) is 0 Å². The van der Waals surface area contributed by atoms with Gasteiger partial charge in [0.05, 0.1) is 11.6 Å². The van der Waals surface area contributed by atoms with Gasteiger partial charge in [0, 0.05) is 0 Å². The molecular weight excluding hydrogens is 242 g/mol. The highest BCUT2D eigenvalue weighted by Gasteiger charge is 2.07. The Balaban J connectivity index is 3.26. The summed E-state index contributed by atoms with van der Waals surface area (Å²) < 4.78 is 0.0323. The van der Waals surface area contributed by atoms with Crippen LogP contribution in [0.25, 0.3) is 5.03 Å². The van der Waals surface area contributed by atoms with Gasteiger partial charge >= 0.3 is 0 Å². The maximum Gasteiger partial charge on any atom is 0.126 e. The first kappa shape index (κ1) is 11.9. The lowest BCUT2D eigenvalue weighted by atomic mass is 10.1. The van der Waals surface area contributed by atoms with Gasteiger partial charge in [-0.15, -0.1) is 0 Å². The molecule has 76 valence electrons. The molecule has 0 aliphatic heterocycles. The second kappa shape index (κ2) is 5.04. The molecule has 0 radical (unpaired) electrons. The normalized spacial score (nSPS) is 10.1. The first-order valence-corrected chi connectivity index (χ1v) is 5.11.